The minimum atomic E-state index is 0. The molecule has 0 amide bonds. The van der Waals surface area contributed by atoms with Gasteiger partial charge in [0.15, 0.2) is 0 Å². The van der Waals surface area contributed by atoms with Gasteiger partial charge < -0.3 is 0 Å². The van der Waals surface area contributed by atoms with Crippen molar-refractivity contribution in [2.24, 2.45) is 9.98 Å². The second-order valence-electron chi connectivity index (χ2n) is 8.10. The van der Waals surface area contributed by atoms with E-state index in [2.05, 4.69) is 26.0 Å². The summed E-state index contributed by atoms with van der Waals surface area (Å²) >= 11 is 0. The molecule has 0 aliphatic heterocycles. The number of rotatable bonds is 15. The molecule has 176 valence electrons. The molecular weight excluding hydrogens is 483 g/mol. The van der Waals surface area contributed by atoms with Gasteiger partial charge in [0.25, 0.3) is 0 Å². The van der Waals surface area contributed by atoms with Gasteiger partial charge in [-0.15, -0.1) is 0 Å². The van der Waals surface area contributed by atoms with Crippen LogP contribution in [0.15, 0.2) is 82.8 Å². The maximum Gasteiger partial charge on any atom is 0.0848 e. The van der Waals surface area contributed by atoms with E-state index in [0.29, 0.717) is 0 Å². The summed E-state index contributed by atoms with van der Waals surface area (Å²) in [4.78, 5) is 9.79. The average Bonchev–Trinajstić information content (AvgIpc) is 2.81. The molecule has 0 aliphatic carbocycles. The Morgan fingerprint density at radius 2 is 1.16 bits per heavy atom. The van der Waals surface area contributed by atoms with E-state index in [-0.39, 0.29) is 20.4 Å². The van der Waals surface area contributed by atoms with Crippen molar-refractivity contribution >= 4 is 22.8 Å². The van der Waals surface area contributed by atoms with Gasteiger partial charge in [0, 0.05) is 20.4 Å². The minimum Gasteiger partial charge on any atom is -0.251 e. The van der Waals surface area contributed by atoms with Gasteiger partial charge in [-0.1, -0.05) is 108 Å². The van der Waals surface area contributed by atoms with Crippen molar-refractivity contribution in [3.8, 4) is 0 Å². The van der Waals surface area contributed by atoms with Crippen molar-refractivity contribution in [2.75, 3.05) is 0 Å². The van der Waals surface area contributed by atoms with Crippen LogP contribution < -0.4 is 0 Å². The van der Waals surface area contributed by atoms with Crippen molar-refractivity contribution in [3.63, 3.8) is 0 Å². The van der Waals surface area contributed by atoms with E-state index in [0.717, 1.165) is 35.6 Å². The van der Waals surface area contributed by atoms with Crippen molar-refractivity contribution < 1.29 is 20.4 Å². The number of allylic oxidation sites excluding steroid dienone is 2. The van der Waals surface area contributed by atoms with Crippen LogP contribution in [-0.4, -0.2) is 11.4 Å². The summed E-state index contributed by atoms with van der Waals surface area (Å²) in [6.07, 6.45) is 18.7. The molecule has 3 heteroatoms. The first-order valence-corrected chi connectivity index (χ1v) is 12.3. The second kappa shape index (κ2) is 18.7. The zero-order chi connectivity index (χ0) is 22.0. The monoisotopic (exact) mass is 522 g/mol. The molecule has 0 radical (unpaired) electrons. The van der Waals surface area contributed by atoms with Crippen LogP contribution in [0.3, 0.4) is 0 Å². The summed E-state index contributed by atoms with van der Waals surface area (Å²) in [5.74, 6) is 0. The number of aliphatic imine (C=N–C) groups is 2. The zero-order valence-electron chi connectivity index (χ0n) is 19.9. The summed E-state index contributed by atoms with van der Waals surface area (Å²) in [6, 6.07) is 20.3. The summed E-state index contributed by atoms with van der Waals surface area (Å²) in [5, 5.41) is 0. The van der Waals surface area contributed by atoms with E-state index in [9.17, 15) is 0 Å². The Bertz CT molecular complexity index is 794. The van der Waals surface area contributed by atoms with Gasteiger partial charge in [0.1, 0.15) is 0 Å². The molecule has 2 aromatic carbocycles. The quantitative estimate of drug-likeness (QED) is 0.126. The topological polar surface area (TPSA) is 24.7 Å². The van der Waals surface area contributed by atoms with E-state index in [1.54, 1.807) is 0 Å². The van der Waals surface area contributed by atoms with Crippen molar-refractivity contribution in [2.45, 2.75) is 84.5 Å². The van der Waals surface area contributed by atoms with Crippen LogP contribution in [0.2, 0.25) is 0 Å². The van der Waals surface area contributed by atoms with Crippen LogP contribution in [0.4, 0.5) is 11.4 Å². The molecule has 0 saturated carbocycles. The first-order valence-electron chi connectivity index (χ1n) is 12.3. The summed E-state index contributed by atoms with van der Waals surface area (Å²) < 4.78 is 0. The zero-order valence-corrected chi connectivity index (χ0v) is 21.5. The van der Waals surface area contributed by atoms with Gasteiger partial charge >= 0.3 is 0 Å². The Hall–Kier alpha value is -1.82. The fraction of sp³-hybridized carbons (Fsp3) is 0.448. The summed E-state index contributed by atoms with van der Waals surface area (Å²) in [5.41, 5.74) is 3.94. The molecule has 0 aliphatic rings. The molecule has 2 rings (SSSR count). The largest absolute Gasteiger partial charge is 0.251 e. The molecule has 0 bridgehead atoms. The fourth-order valence-corrected chi connectivity index (χ4v) is 3.58. The van der Waals surface area contributed by atoms with E-state index in [1.165, 1.54) is 57.8 Å². The average molecular weight is 523 g/mol. The molecule has 0 aromatic heterocycles. The molecule has 2 aromatic rings. The molecule has 32 heavy (non-hydrogen) atoms. The molecule has 0 atom stereocenters. The van der Waals surface area contributed by atoms with Crippen molar-refractivity contribution in [1.82, 2.24) is 0 Å². The van der Waals surface area contributed by atoms with Gasteiger partial charge in [-0.3, -0.25) is 4.99 Å². The molecule has 0 N–H and O–H groups in total. The van der Waals surface area contributed by atoms with Gasteiger partial charge in [-0.25, -0.2) is 4.99 Å². The van der Waals surface area contributed by atoms with E-state index in [1.807, 2.05) is 60.7 Å². The van der Waals surface area contributed by atoms with Gasteiger partial charge in [-0.05, 0) is 49.6 Å². The Labute approximate surface area is 210 Å². The van der Waals surface area contributed by atoms with Gasteiger partial charge in [0.05, 0.1) is 22.8 Å². The van der Waals surface area contributed by atoms with Gasteiger partial charge in [-0.2, -0.15) is 0 Å². The number of unbranched alkanes of at least 4 members (excludes halogenated alkanes) is 9. The molecule has 0 heterocycles. The normalized spacial score (nSPS) is 12.2. The summed E-state index contributed by atoms with van der Waals surface area (Å²) in [7, 11) is 0. The molecule has 0 saturated heterocycles. The summed E-state index contributed by atoms with van der Waals surface area (Å²) in [6.45, 7) is 4.43. The predicted molar refractivity (Wildman–Crippen MR) is 138 cm³/mol. The van der Waals surface area contributed by atoms with Crippen LogP contribution in [-0.2, 0) is 20.4 Å². The van der Waals surface area contributed by atoms with Crippen LogP contribution in [0.1, 0.15) is 84.5 Å². The first-order chi connectivity index (χ1) is 15.3. The molecule has 0 spiro atoms. The minimum absolute atomic E-state index is 0. The molecule has 2 nitrogen and oxygen atoms in total. The van der Waals surface area contributed by atoms with E-state index in [4.69, 9.17) is 9.98 Å². The van der Waals surface area contributed by atoms with Crippen molar-refractivity contribution in [1.29, 1.82) is 0 Å². The number of hydrogen-bond acceptors (Lipinski definition) is 2. The van der Waals surface area contributed by atoms with Crippen molar-refractivity contribution in [3.05, 3.63) is 72.8 Å². The van der Waals surface area contributed by atoms with Crippen LogP contribution >= 0.6 is 0 Å². The smallest absolute Gasteiger partial charge is 0.0848 e. The SMILES string of the molecule is CCCCCCCCCCC/C=C/C(=Nc1ccccc1)C(CC)=Nc1ccccc1.[Pd]. The fourth-order valence-electron chi connectivity index (χ4n) is 3.58. The number of hydrogen-bond donors (Lipinski definition) is 0. The third kappa shape index (κ3) is 12.3. The maximum absolute atomic E-state index is 4.91. The number of para-hydroxylation sites is 2. The first kappa shape index (κ1) is 28.2. The van der Waals surface area contributed by atoms with E-state index >= 15 is 0 Å². The molecular formula is C29H40N2Pd. The Balaban J connectivity index is 0.00000512. The Morgan fingerprint density at radius 3 is 1.69 bits per heavy atom. The predicted octanol–water partition coefficient (Wildman–Crippen LogP) is 9.42. The third-order valence-electron chi connectivity index (χ3n) is 5.41. The van der Waals surface area contributed by atoms with Crippen LogP contribution in [0, 0.1) is 0 Å². The number of nitrogens with zero attached hydrogens (tertiary/aromatic N) is 2. The number of benzene rings is 2. The van der Waals surface area contributed by atoms with Gasteiger partial charge in [0.2, 0.25) is 0 Å². The van der Waals surface area contributed by atoms with Crippen LogP contribution in [0.5, 0.6) is 0 Å². The standard InChI is InChI=1S/C29H40N2.Pd/c1-3-5-6-7-8-9-10-11-12-13-20-25-29(31-27-23-18-15-19-24-27)28(4-2)30-26-21-16-14-17-22-26;/h14-25H,3-13H2,1-2H3;/b25-20+,30-28?,31-29?;. The second-order valence-corrected chi connectivity index (χ2v) is 8.10. The molecule has 0 fully saturated rings. The van der Waals surface area contributed by atoms with Crippen LogP contribution in [0.25, 0.3) is 0 Å². The van der Waals surface area contributed by atoms with E-state index < -0.39 is 0 Å². The Morgan fingerprint density at radius 1 is 0.656 bits per heavy atom. The Kier molecular flexibility index (Phi) is 16.5. The third-order valence-corrected chi connectivity index (χ3v) is 5.41. The maximum atomic E-state index is 4.91. The molecule has 0 unspecified atom stereocenters.